The van der Waals surface area contributed by atoms with Gasteiger partial charge in [-0.2, -0.15) is 0 Å². The maximum atomic E-state index is 15.2. The topological polar surface area (TPSA) is 84.9 Å². The van der Waals surface area contributed by atoms with E-state index in [-0.39, 0.29) is 35.2 Å². The normalized spacial score (nSPS) is 17.6. The van der Waals surface area contributed by atoms with Crippen molar-refractivity contribution in [3.63, 3.8) is 0 Å². The Morgan fingerprint density at radius 3 is 2.64 bits per heavy atom. The highest BCUT2D eigenvalue weighted by Gasteiger charge is 2.29. The van der Waals surface area contributed by atoms with Crippen molar-refractivity contribution in [2.75, 3.05) is 31.2 Å². The summed E-state index contributed by atoms with van der Waals surface area (Å²) in [6, 6.07) is 9.85. The van der Waals surface area contributed by atoms with Crippen LogP contribution in [0.15, 0.2) is 42.0 Å². The summed E-state index contributed by atoms with van der Waals surface area (Å²) in [5.41, 5.74) is 4.88. The molecule has 0 saturated heterocycles. The lowest BCUT2D eigenvalue weighted by molar-refractivity contribution is -0.108. The molecule has 4 unspecified atom stereocenters. The number of benzene rings is 2. The molecule has 2 aromatic rings. The zero-order chi connectivity index (χ0) is 33.1. The van der Waals surface area contributed by atoms with Crippen LogP contribution in [-0.2, 0) is 26.0 Å². The van der Waals surface area contributed by atoms with Gasteiger partial charge in [0.05, 0.1) is 28.7 Å². The van der Waals surface area contributed by atoms with E-state index in [0.29, 0.717) is 44.6 Å². The number of nitrogens with zero attached hydrogens (tertiary/aromatic N) is 1. The minimum atomic E-state index is -3.67. The number of nitrogens with one attached hydrogen (secondary N) is 1. The number of aryl methyl sites for hydroxylation is 1. The second-order valence-corrected chi connectivity index (χ2v) is 14.6. The highest BCUT2D eigenvalue weighted by molar-refractivity contribution is 7.90. The standard InChI is InChI=1S/C35H50ClFN2O5S/c1-7-11-30-29(15-16-31(36)34(30)37)28-21-39(32-20-24(4)14-17-33(32)44-22-28)19-18-27(8-2)35(43-9-3)25(5)12-10-13-26(6)45(41,42)38-23-40/h12,14-17,20,23,26-28,35H,7-11,13,18-19,21-22H2,1-6H3,(H,38,40)/b25-12+. The molecule has 4 atom stereocenters. The van der Waals surface area contributed by atoms with Gasteiger partial charge >= 0.3 is 0 Å². The van der Waals surface area contributed by atoms with Crippen molar-refractivity contribution >= 4 is 33.7 Å². The van der Waals surface area contributed by atoms with Crippen molar-refractivity contribution in [2.24, 2.45) is 5.92 Å². The Hall–Kier alpha value is -2.62. The first-order valence-corrected chi connectivity index (χ1v) is 18.1. The Morgan fingerprint density at radius 2 is 1.98 bits per heavy atom. The second kappa shape index (κ2) is 17.3. The summed E-state index contributed by atoms with van der Waals surface area (Å²) in [5.74, 6) is 0.675. The van der Waals surface area contributed by atoms with Gasteiger partial charge in [-0.3, -0.25) is 9.52 Å². The molecule has 3 rings (SSSR count). The number of hydrogen-bond acceptors (Lipinski definition) is 6. The lowest BCUT2D eigenvalue weighted by atomic mass is 9.89. The van der Waals surface area contributed by atoms with E-state index in [2.05, 4.69) is 37.0 Å². The molecule has 1 heterocycles. The molecule has 0 saturated carbocycles. The molecule has 0 spiro atoms. The Kier molecular flexibility index (Phi) is 14.2. The van der Waals surface area contributed by atoms with Crippen molar-refractivity contribution in [3.05, 3.63) is 69.5 Å². The number of hydrogen-bond donors (Lipinski definition) is 1. The Balaban J connectivity index is 1.84. The minimum Gasteiger partial charge on any atom is -0.491 e. The van der Waals surface area contributed by atoms with Gasteiger partial charge in [-0.15, -0.1) is 0 Å². The molecule has 0 radical (unpaired) electrons. The average Bonchev–Trinajstić information content (AvgIpc) is 3.18. The van der Waals surface area contributed by atoms with Gasteiger partial charge in [-0.25, -0.2) is 12.8 Å². The summed E-state index contributed by atoms with van der Waals surface area (Å²) in [5, 5.41) is -0.537. The first-order chi connectivity index (χ1) is 21.5. The molecule has 1 N–H and O–H groups in total. The molecule has 0 fully saturated rings. The Morgan fingerprint density at radius 1 is 1.22 bits per heavy atom. The zero-order valence-corrected chi connectivity index (χ0v) is 29.1. The van der Waals surface area contributed by atoms with Crippen LogP contribution in [0.3, 0.4) is 0 Å². The van der Waals surface area contributed by atoms with E-state index in [1.807, 2.05) is 37.6 Å². The smallest absolute Gasteiger partial charge is 0.237 e. The fourth-order valence-electron chi connectivity index (χ4n) is 6.21. The van der Waals surface area contributed by atoms with Crippen LogP contribution in [0.25, 0.3) is 0 Å². The number of rotatable bonds is 17. The zero-order valence-electron chi connectivity index (χ0n) is 27.6. The van der Waals surface area contributed by atoms with Gasteiger partial charge in [0, 0.05) is 25.6 Å². The third kappa shape index (κ3) is 9.69. The molecule has 0 aliphatic carbocycles. The van der Waals surface area contributed by atoms with Crippen molar-refractivity contribution in [3.8, 4) is 5.75 Å². The summed E-state index contributed by atoms with van der Waals surface area (Å²) in [7, 11) is -3.67. The largest absolute Gasteiger partial charge is 0.491 e. The van der Waals surface area contributed by atoms with Crippen LogP contribution in [0, 0.1) is 18.7 Å². The van der Waals surface area contributed by atoms with Crippen molar-refractivity contribution in [1.29, 1.82) is 0 Å². The number of allylic oxidation sites excluding steroid dienone is 1. The van der Waals surface area contributed by atoms with E-state index < -0.39 is 15.3 Å². The molecule has 1 aliphatic rings. The Bertz CT molecular complexity index is 1420. The molecular formula is C35H50ClFN2O5S. The third-order valence-corrected chi connectivity index (χ3v) is 10.8. The van der Waals surface area contributed by atoms with E-state index in [9.17, 15) is 13.2 Å². The van der Waals surface area contributed by atoms with Crippen LogP contribution in [0.1, 0.15) is 89.3 Å². The van der Waals surface area contributed by atoms with Crippen LogP contribution in [0.4, 0.5) is 10.1 Å². The fraction of sp³-hybridized carbons (Fsp3) is 0.571. The number of halogens is 2. The van der Waals surface area contributed by atoms with Crippen LogP contribution in [0.2, 0.25) is 5.02 Å². The Labute approximate surface area is 274 Å². The molecule has 45 heavy (non-hydrogen) atoms. The van der Waals surface area contributed by atoms with Crippen molar-refractivity contribution in [2.45, 2.75) is 97.3 Å². The number of anilines is 1. The number of fused-ring (bicyclic) bond motifs is 1. The molecule has 7 nitrogen and oxygen atoms in total. The molecule has 0 aromatic heterocycles. The van der Waals surface area contributed by atoms with Crippen LogP contribution >= 0.6 is 11.6 Å². The quantitative estimate of drug-likeness (QED) is 0.138. The maximum Gasteiger partial charge on any atom is 0.237 e. The fourth-order valence-corrected chi connectivity index (χ4v) is 7.20. The predicted octanol–water partition coefficient (Wildman–Crippen LogP) is 7.73. The van der Waals surface area contributed by atoms with Gasteiger partial charge in [0.1, 0.15) is 11.6 Å². The first-order valence-electron chi connectivity index (χ1n) is 16.1. The lowest BCUT2D eigenvalue weighted by Gasteiger charge is -2.32. The van der Waals surface area contributed by atoms with Crippen molar-refractivity contribution in [1.82, 2.24) is 4.72 Å². The van der Waals surface area contributed by atoms with Gasteiger partial charge < -0.3 is 14.4 Å². The number of carbonyl (C=O) groups excluding carboxylic acids is 1. The van der Waals surface area contributed by atoms with Gasteiger partial charge in [0.2, 0.25) is 16.4 Å². The minimum absolute atomic E-state index is 0.0395. The molecule has 2 aromatic carbocycles. The van der Waals surface area contributed by atoms with E-state index in [0.717, 1.165) is 53.9 Å². The summed E-state index contributed by atoms with van der Waals surface area (Å²) in [6.07, 6.45) is 6.30. The van der Waals surface area contributed by atoms with Gasteiger partial charge in [0.15, 0.2) is 0 Å². The molecule has 10 heteroatoms. The summed E-state index contributed by atoms with van der Waals surface area (Å²) in [6.45, 7) is 14.4. The average molecular weight is 665 g/mol. The van der Waals surface area contributed by atoms with Crippen LogP contribution in [0.5, 0.6) is 5.75 Å². The first kappa shape index (κ1) is 36.8. The molecule has 250 valence electrons. The number of carbonyl (C=O) groups is 1. The predicted molar refractivity (Wildman–Crippen MR) is 181 cm³/mol. The lowest BCUT2D eigenvalue weighted by Crippen LogP contribution is -2.34. The van der Waals surface area contributed by atoms with E-state index in [1.165, 1.54) is 0 Å². The van der Waals surface area contributed by atoms with Crippen LogP contribution in [-0.4, -0.2) is 52.5 Å². The molecule has 0 bridgehead atoms. The number of amides is 1. The molecule has 1 aliphatic heterocycles. The maximum absolute atomic E-state index is 15.2. The second-order valence-electron chi connectivity index (χ2n) is 12.1. The highest BCUT2D eigenvalue weighted by Crippen LogP contribution is 2.38. The summed E-state index contributed by atoms with van der Waals surface area (Å²) in [4.78, 5) is 13.0. The van der Waals surface area contributed by atoms with Gasteiger partial charge in [-0.05, 0) is 99.8 Å². The molecular weight excluding hydrogens is 615 g/mol. The van der Waals surface area contributed by atoms with E-state index in [1.54, 1.807) is 13.0 Å². The van der Waals surface area contributed by atoms with E-state index in [4.69, 9.17) is 21.1 Å². The van der Waals surface area contributed by atoms with Gasteiger partial charge in [-0.1, -0.05) is 56.5 Å². The highest BCUT2D eigenvalue weighted by atomic mass is 35.5. The summed E-state index contributed by atoms with van der Waals surface area (Å²) >= 11 is 6.20. The number of ether oxygens (including phenoxy) is 2. The van der Waals surface area contributed by atoms with Crippen molar-refractivity contribution < 1.29 is 27.1 Å². The van der Waals surface area contributed by atoms with E-state index >= 15 is 4.39 Å². The van der Waals surface area contributed by atoms with Gasteiger partial charge in [0.25, 0.3) is 0 Å². The SMILES string of the molecule is CCCc1c(C2COc3ccc(C)cc3N(CCC(CC)C(OCC)/C(C)=C/CCC(C)S(=O)(=O)NC=O)C2)ccc(Cl)c1F. The molecule has 1 amide bonds. The monoisotopic (exact) mass is 664 g/mol. The number of sulfonamides is 1. The summed E-state index contributed by atoms with van der Waals surface area (Å²) < 4.78 is 54.1. The third-order valence-electron chi connectivity index (χ3n) is 8.81. The van der Waals surface area contributed by atoms with Crippen LogP contribution < -0.4 is 14.4 Å².